The fourth-order valence-electron chi connectivity index (χ4n) is 10.0. The highest BCUT2D eigenvalue weighted by molar-refractivity contribution is 6.30. The lowest BCUT2D eigenvalue weighted by Crippen LogP contribution is -2.25. The standard InChI is InChI=1S/C50H40N2/c1-49(2)41-16-12-29-9-7-8-10-33(29)46(41)39-27-43-40(28-42(39)49)47-36-15-14-35-38(31-19-23-52(6)24-20-31)26-37(30-17-21-51(5)22-18-30)34-13-11-32(45(36)48(34)35)25-44(47)50(43,3)4/h7-28H,1-6H3/q+2. The molecule has 0 saturated carbocycles. The van der Waals surface area contributed by atoms with E-state index in [1.165, 1.54) is 110 Å². The van der Waals surface area contributed by atoms with Crippen LogP contribution in [0.1, 0.15) is 49.9 Å². The summed E-state index contributed by atoms with van der Waals surface area (Å²) < 4.78 is 4.22. The molecule has 0 radical (unpaired) electrons. The monoisotopic (exact) mass is 668 g/mol. The van der Waals surface area contributed by atoms with Crippen LogP contribution in [0.2, 0.25) is 0 Å². The summed E-state index contributed by atoms with van der Waals surface area (Å²) in [5.41, 5.74) is 16.1. The van der Waals surface area contributed by atoms with Crippen molar-refractivity contribution in [2.24, 2.45) is 14.1 Å². The van der Waals surface area contributed by atoms with Crippen molar-refractivity contribution in [3.63, 3.8) is 0 Å². The van der Waals surface area contributed by atoms with Crippen molar-refractivity contribution in [3.05, 3.63) is 156 Å². The lowest BCUT2D eigenvalue weighted by Gasteiger charge is -2.24. The van der Waals surface area contributed by atoms with E-state index in [9.17, 15) is 0 Å². The lowest BCUT2D eigenvalue weighted by molar-refractivity contribution is -0.671. The van der Waals surface area contributed by atoms with Crippen LogP contribution < -0.4 is 9.13 Å². The molecule has 2 aromatic heterocycles. The first-order valence-corrected chi connectivity index (χ1v) is 18.5. The van der Waals surface area contributed by atoms with E-state index in [4.69, 9.17) is 0 Å². The number of aryl methyl sites for hydroxylation is 2. The van der Waals surface area contributed by atoms with Crippen molar-refractivity contribution in [2.75, 3.05) is 0 Å². The van der Waals surface area contributed by atoms with Crippen molar-refractivity contribution in [1.82, 2.24) is 0 Å². The number of pyridine rings is 2. The first kappa shape index (κ1) is 29.8. The second-order valence-electron chi connectivity index (χ2n) is 16.4. The number of hydrogen-bond acceptors (Lipinski definition) is 0. The van der Waals surface area contributed by atoms with Crippen LogP contribution >= 0.6 is 0 Å². The maximum absolute atomic E-state index is 2.58. The Bertz CT molecular complexity index is 2930. The van der Waals surface area contributed by atoms with Crippen LogP contribution in [-0.2, 0) is 24.9 Å². The molecule has 0 N–H and O–H groups in total. The summed E-state index contributed by atoms with van der Waals surface area (Å²) in [5.74, 6) is 0. The molecule has 11 rings (SSSR count). The van der Waals surface area contributed by atoms with Crippen LogP contribution in [0.25, 0.3) is 87.6 Å². The second-order valence-corrected chi connectivity index (χ2v) is 16.4. The zero-order chi connectivity index (χ0) is 35.3. The topological polar surface area (TPSA) is 7.76 Å². The molecule has 2 aliphatic rings. The van der Waals surface area contributed by atoms with Crippen LogP contribution in [-0.4, -0.2) is 0 Å². The maximum atomic E-state index is 2.58. The minimum Gasteiger partial charge on any atom is -0.208 e. The fraction of sp³-hybridized carbons (Fsp3) is 0.160. The number of benzene rings is 7. The minimum atomic E-state index is -0.142. The van der Waals surface area contributed by atoms with Crippen molar-refractivity contribution in [1.29, 1.82) is 0 Å². The van der Waals surface area contributed by atoms with Gasteiger partial charge in [0.2, 0.25) is 0 Å². The Hall–Kier alpha value is -5.86. The van der Waals surface area contributed by atoms with E-state index in [1.807, 2.05) is 0 Å². The molecule has 2 heteroatoms. The van der Waals surface area contributed by atoms with Crippen LogP contribution in [0, 0.1) is 0 Å². The van der Waals surface area contributed by atoms with Gasteiger partial charge in [0.15, 0.2) is 24.8 Å². The summed E-state index contributed by atoms with van der Waals surface area (Å²) in [6.07, 6.45) is 8.62. The second kappa shape index (κ2) is 9.92. The highest BCUT2D eigenvalue weighted by atomic mass is 14.9. The zero-order valence-corrected chi connectivity index (χ0v) is 30.6. The molecule has 0 aliphatic heterocycles. The van der Waals surface area contributed by atoms with Gasteiger partial charge in [-0.15, -0.1) is 0 Å². The summed E-state index contributed by atoms with van der Waals surface area (Å²) in [6.45, 7) is 9.71. The molecule has 9 aromatic rings. The molecule has 2 aliphatic carbocycles. The number of nitrogens with zero attached hydrogens (tertiary/aromatic N) is 2. The molecular formula is C50H40N2+2. The number of hydrogen-bond donors (Lipinski definition) is 0. The summed E-state index contributed by atoms with van der Waals surface area (Å²) in [7, 11) is 4.17. The van der Waals surface area contributed by atoms with Crippen LogP contribution in [0.4, 0.5) is 0 Å². The SMILES string of the molecule is C[n+]1ccc(-c2cc(-c3cc[n+](C)cc3)c3ccc4c5c(cc6ccc2c3c64)C(C)(C)c2cc3c(cc2-5)C(C)(C)c2ccc4ccccc4c2-3)cc1. The Morgan fingerprint density at radius 1 is 0.385 bits per heavy atom. The van der Waals surface area contributed by atoms with Gasteiger partial charge in [-0.05, 0) is 134 Å². The summed E-state index contributed by atoms with van der Waals surface area (Å²) in [4.78, 5) is 0. The van der Waals surface area contributed by atoms with E-state index >= 15 is 0 Å². The average molecular weight is 669 g/mol. The van der Waals surface area contributed by atoms with Crippen molar-refractivity contribution in [3.8, 4) is 44.5 Å². The molecular weight excluding hydrogens is 629 g/mol. The lowest BCUT2D eigenvalue weighted by atomic mass is 9.79. The molecule has 52 heavy (non-hydrogen) atoms. The first-order chi connectivity index (χ1) is 25.1. The third-order valence-corrected chi connectivity index (χ3v) is 12.8. The number of fused-ring (bicyclic) bond motifs is 9. The van der Waals surface area contributed by atoms with Crippen LogP contribution in [0.5, 0.6) is 0 Å². The molecule has 0 saturated heterocycles. The molecule has 2 heterocycles. The van der Waals surface area contributed by atoms with Gasteiger partial charge in [0.25, 0.3) is 0 Å². The number of aromatic nitrogens is 2. The highest BCUT2D eigenvalue weighted by Crippen LogP contribution is 2.59. The quantitative estimate of drug-likeness (QED) is 0.128. The van der Waals surface area contributed by atoms with E-state index in [2.05, 4.69) is 185 Å². The fourth-order valence-corrected chi connectivity index (χ4v) is 10.0. The van der Waals surface area contributed by atoms with Crippen molar-refractivity contribution >= 4 is 43.1 Å². The van der Waals surface area contributed by atoms with E-state index in [0.717, 1.165) is 0 Å². The Morgan fingerprint density at radius 3 is 1.54 bits per heavy atom. The van der Waals surface area contributed by atoms with Crippen molar-refractivity contribution < 1.29 is 9.13 Å². The molecule has 0 atom stereocenters. The third kappa shape index (κ3) is 3.74. The predicted octanol–water partition coefficient (Wildman–Crippen LogP) is 11.3. The summed E-state index contributed by atoms with van der Waals surface area (Å²) >= 11 is 0. The van der Waals surface area contributed by atoms with Gasteiger partial charge in [-0.2, -0.15) is 0 Å². The molecule has 0 amide bonds. The van der Waals surface area contributed by atoms with Gasteiger partial charge in [0, 0.05) is 35.1 Å². The van der Waals surface area contributed by atoms with Gasteiger partial charge in [-0.3, -0.25) is 0 Å². The molecule has 0 bridgehead atoms. The van der Waals surface area contributed by atoms with Gasteiger partial charge >= 0.3 is 0 Å². The average Bonchev–Trinajstić information content (AvgIpc) is 3.52. The van der Waals surface area contributed by atoms with E-state index in [0.29, 0.717) is 0 Å². The zero-order valence-electron chi connectivity index (χ0n) is 30.6. The van der Waals surface area contributed by atoms with Crippen LogP contribution in [0.15, 0.2) is 134 Å². The first-order valence-electron chi connectivity index (χ1n) is 18.5. The van der Waals surface area contributed by atoms with Crippen LogP contribution in [0.3, 0.4) is 0 Å². The highest BCUT2D eigenvalue weighted by Gasteiger charge is 2.43. The molecule has 0 unspecified atom stereocenters. The predicted molar refractivity (Wildman–Crippen MR) is 216 cm³/mol. The molecule has 0 fully saturated rings. The maximum Gasteiger partial charge on any atom is 0.169 e. The third-order valence-electron chi connectivity index (χ3n) is 12.8. The Labute approximate surface area is 304 Å². The van der Waals surface area contributed by atoms with Gasteiger partial charge in [-0.25, -0.2) is 9.13 Å². The van der Waals surface area contributed by atoms with Gasteiger partial charge in [0.1, 0.15) is 14.1 Å². The molecule has 2 nitrogen and oxygen atoms in total. The van der Waals surface area contributed by atoms with E-state index < -0.39 is 0 Å². The molecule has 0 spiro atoms. The molecule has 7 aromatic carbocycles. The Kier molecular flexibility index (Phi) is 5.69. The Balaban J connectivity index is 1.24. The summed E-state index contributed by atoms with van der Waals surface area (Å²) in [5, 5.41) is 10.7. The van der Waals surface area contributed by atoms with Gasteiger partial charge in [-0.1, -0.05) is 88.4 Å². The van der Waals surface area contributed by atoms with Gasteiger partial charge in [0.05, 0.1) is 0 Å². The smallest absolute Gasteiger partial charge is 0.169 e. The van der Waals surface area contributed by atoms with Gasteiger partial charge < -0.3 is 0 Å². The Morgan fingerprint density at radius 2 is 0.904 bits per heavy atom. The normalized spacial score (nSPS) is 15.0. The van der Waals surface area contributed by atoms with E-state index in [1.54, 1.807) is 0 Å². The minimum absolute atomic E-state index is 0.0944. The summed E-state index contributed by atoms with van der Waals surface area (Å²) in [6, 6.07) is 42.3. The largest absolute Gasteiger partial charge is 0.208 e. The molecule has 248 valence electrons. The van der Waals surface area contributed by atoms with E-state index in [-0.39, 0.29) is 10.8 Å². The number of rotatable bonds is 2. The van der Waals surface area contributed by atoms with Crippen molar-refractivity contribution in [2.45, 2.75) is 38.5 Å².